The molecule has 0 fully saturated rings. The summed E-state index contributed by atoms with van der Waals surface area (Å²) >= 11 is 1.24. The quantitative estimate of drug-likeness (QED) is 0.504. The van der Waals surface area contributed by atoms with Crippen LogP contribution in [0.1, 0.15) is 39.4 Å². The number of hydrogen-bond acceptors (Lipinski definition) is 7. The van der Waals surface area contributed by atoms with Gasteiger partial charge in [-0.3, -0.25) is 4.79 Å². The highest BCUT2D eigenvalue weighted by Crippen LogP contribution is 2.36. The normalized spacial score (nSPS) is 10.7. The summed E-state index contributed by atoms with van der Waals surface area (Å²) in [6.07, 6.45) is 1.39. The third kappa shape index (κ3) is 3.36. The highest BCUT2D eigenvalue weighted by atomic mass is 32.1. The largest absolute Gasteiger partial charge is 0.462 e. The number of hydrogen-bond donors (Lipinski definition) is 0. The summed E-state index contributed by atoms with van der Waals surface area (Å²) in [5, 5.41) is 0.670. The fourth-order valence-corrected chi connectivity index (χ4v) is 3.43. The summed E-state index contributed by atoms with van der Waals surface area (Å²) < 4.78 is 11.0. The van der Waals surface area contributed by atoms with E-state index in [1.807, 2.05) is 6.92 Å². The Kier molecular flexibility index (Phi) is 4.76. The molecule has 128 valence electrons. The van der Waals surface area contributed by atoms with Crippen LogP contribution in [0.3, 0.4) is 0 Å². The van der Waals surface area contributed by atoms with Gasteiger partial charge in [-0.1, -0.05) is 12.1 Å². The molecule has 0 aliphatic carbocycles. The van der Waals surface area contributed by atoms with E-state index >= 15 is 0 Å². The molecule has 0 saturated heterocycles. The molecule has 7 heteroatoms. The van der Waals surface area contributed by atoms with E-state index in [4.69, 9.17) is 9.47 Å². The predicted octanol–water partition coefficient (Wildman–Crippen LogP) is 4.17. The molecular formula is C18H16N2O4S. The van der Waals surface area contributed by atoms with Gasteiger partial charge in [0.1, 0.15) is 21.8 Å². The van der Waals surface area contributed by atoms with Gasteiger partial charge in [0.25, 0.3) is 0 Å². The zero-order valence-electron chi connectivity index (χ0n) is 14.0. The molecule has 25 heavy (non-hydrogen) atoms. The van der Waals surface area contributed by atoms with Crippen LogP contribution in [0.5, 0.6) is 11.6 Å². The van der Waals surface area contributed by atoms with Crippen molar-refractivity contribution in [1.82, 2.24) is 9.97 Å². The number of aryl methyl sites for hydroxylation is 1. The first-order chi connectivity index (χ1) is 12.0. The van der Waals surface area contributed by atoms with Gasteiger partial charge in [-0.15, -0.1) is 11.3 Å². The number of fused-ring (bicyclic) bond motifs is 1. The van der Waals surface area contributed by atoms with Crippen LogP contribution in [0.25, 0.3) is 10.2 Å². The summed E-state index contributed by atoms with van der Waals surface area (Å²) in [6, 6.07) is 6.87. The molecule has 2 aromatic heterocycles. The van der Waals surface area contributed by atoms with E-state index in [0.717, 1.165) is 5.56 Å². The molecule has 0 atom stereocenters. The van der Waals surface area contributed by atoms with Gasteiger partial charge in [-0.2, -0.15) is 0 Å². The standard InChI is InChI=1S/C18H16N2O4S/c1-4-23-18(22)15-10(2)14-16(19-9-20-17(14)25-15)24-13-7-5-6-12(8-13)11(3)21/h5-9H,4H2,1-3H3. The topological polar surface area (TPSA) is 78.4 Å². The van der Waals surface area contributed by atoms with Gasteiger partial charge in [0.15, 0.2) is 5.78 Å². The molecule has 3 aromatic rings. The molecule has 6 nitrogen and oxygen atoms in total. The van der Waals surface area contributed by atoms with Crippen molar-refractivity contribution in [2.24, 2.45) is 0 Å². The predicted molar refractivity (Wildman–Crippen MR) is 94.6 cm³/mol. The number of carbonyl (C=O) groups is 2. The average Bonchev–Trinajstić information content (AvgIpc) is 2.93. The number of nitrogens with zero attached hydrogens (tertiary/aromatic N) is 2. The van der Waals surface area contributed by atoms with Crippen LogP contribution in [-0.4, -0.2) is 28.3 Å². The number of benzene rings is 1. The lowest BCUT2D eigenvalue weighted by molar-refractivity contribution is 0.0531. The minimum atomic E-state index is -0.382. The van der Waals surface area contributed by atoms with Crippen LogP contribution in [0.2, 0.25) is 0 Å². The maximum absolute atomic E-state index is 12.1. The van der Waals surface area contributed by atoms with Crippen molar-refractivity contribution in [3.05, 3.63) is 46.6 Å². The van der Waals surface area contributed by atoms with Gasteiger partial charge < -0.3 is 9.47 Å². The number of esters is 1. The highest BCUT2D eigenvalue weighted by molar-refractivity contribution is 7.20. The van der Waals surface area contributed by atoms with Gasteiger partial charge in [0, 0.05) is 5.56 Å². The molecule has 0 N–H and O–H groups in total. The van der Waals surface area contributed by atoms with Crippen molar-refractivity contribution >= 4 is 33.3 Å². The van der Waals surface area contributed by atoms with E-state index in [9.17, 15) is 9.59 Å². The summed E-state index contributed by atoms with van der Waals surface area (Å²) in [4.78, 5) is 33.2. The summed E-state index contributed by atoms with van der Waals surface area (Å²) in [6.45, 7) is 5.38. The van der Waals surface area contributed by atoms with E-state index in [-0.39, 0.29) is 11.8 Å². The van der Waals surface area contributed by atoms with Crippen molar-refractivity contribution in [1.29, 1.82) is 0 Å². The van der Waals surface area contributed by atoms with Crippen molar-refractivity contribution in [2.75, 3.05) is 6.61 Å². The number of ether oxygens (including phenoxy) is 2. The minimum absolute atomic E-state index is 0.0467. The van der Waals surface area contributed by atoms with Crippen LogP contribution >= 0.6 is 11.3 Å². The van der Waals surface area contributed by atoms with E-state index in [2.05, 4.69) is 9.97 Å². The molecule has 0 unspecified atom stereocenters. The summed E-state index contributed by atoms with van der Waals surface area (Å²) in [5.41, 5.74) is 1.27. The molecule has 2 heterocycles. The fourth-order valence-electron chi connectivity index (χ4n) is 2.40. The Bertz CT molecular complexity index is 965. The van der Waals surface area contributed by atoms with Crippen molar-refractivity contribution in [2.45, 2.75) is 20.8 Å². The van der Waals surface area contributed by atoms with Crippen LogP contribution < -0.4 is 4.74 Å². The average molecular weight is 356 g/mol. The molecule has 0 aliphatic heterocycles. The van der Waals surface area contributed by atoms with Crippen LogP contribution in [0.15, 0.2) is 30.6 Å². The zero-order valence-corrected chi connectivity index (χ0v) is 14.8. The first-order valence-electron chi connectivity index (χ1n) is 7.71. The molecule has 0 radical (unpaired) electrons. The van der Waals surface area contributed by atoms with Gasteiger partial charge in [0.2, 0.25) is 5.88 Å². The Morgan fingerprint density at radius 2 is 2.04 bits per heavy atom. The number of thiophene rings is 1. The van der Waals surface area contributed by atoms with Crippen molar-refractivity contribution in [3.63, 3.8) is 0 Å². The fraction of sp³-hybridized carbons (Fsp3) is 0.222. The first-order valence-corrected chi connectivity index (χ1v) is 8.53. The van der Waals surface area contributed by atoms with Gasteiger partial charge in [-0.05, 0) is 38.5 Å². The maximum Gasteiger partial charge on any atom is 0.348 e. The van der Waals surface area contributed by atoms with E-state index in [1.165, 1.54) is 24.6 Å². The third-order valence-electron chi connectivity index (χ3n) is 3.61. The Labute approximate surface area is 148 Å². The number of aromatic nitrogens is 2. The van der Waals surface area contributed by atoms with Crippen molar-refractivity contribution < 1.29 is 19.1 Å². The second-order valence-electron chi connectivity index (χ2n) is 5.32. The Balaban J connectivity index is 2.04. The lowest BCUT2D eigenvalue weighted by atomic mass is 10.1. The zero-order chi connectivity index (χ0) is 18.0. The van der Waals surface area contributed by atoms with Crippen molar-refractivity contribution in [3.8, 4) is 11.6 Å². The molecule has 0 aliphatic rings. The second-order valence-corrected chi connectivity index (χ2v) is 6.32. The van der Waals surface area contributed by atoms with Gasteiger partial charge in [-0.25, -0.2) is 14.8 Å². The Morgan fingerprint density at radius 1 is 1.24 bits per heavy atom. The smallest absolute Gasteiger partial charge is 0.348 e. The maximum atomic E-state index is 12.1. The van der Waals surface area contributed by atoms with Crippen LogP contribution in [0, 0.1) is 6.92 Å². The van der Waals surface area contributed by atoms with Crippen LogP contribution in [0.4, 0.5) is 0 Å². The van der Waals surface area contributed by atoms with Crippen LogP contribution in [-0.2, 0) is 4.74 Å². The van der Waals surface area contributed by atoms with E-state index in [0.29, 0.717) is 38.9 Å². The molecular weight excluding hydrogens is 340 g/mol. The highest BCUT2D eigenvalue weighted by Gasteiger charge is 2.21. The summed E-state index contributed by atoms with van der Waals surface area (Å²) in [5.74, 6) is 0.410. The number of ketones is 1. The van der Waals surface area contributed by atoms with Gasteiger partial charge in [0.05, 0.1) is 12.0 Å². The lowest BCUT2D eigenvalue weighted by Gasteiger charge is -2.07. The monoisotopic (exact) mass is 356 g/mol. The van der Waals surface area contributed by atoms with E-state index < -0.39 is 0 Å². The molecule has 0 spiro atoms. The molecule has 0 amide bonds. The number of Topliss-reactive ketones (excluding diaryl/α,β-unsaturated/α-hetero) is 1. The Morgan fingerprint density at radius 3 is 2.76 bits per heavy atom. The SMILES string of the molecule is CCOC(=O)c1sc2ncnc(Oc3cccc(C(C)=O)c3)c2c1C. The molecule has 0 bridgehead atoms. The second kappa shape index (κ2) is 6.98. The van der Waals surface area contributed by atoms with Gasteiger partial charge >= 0.3 is 5.97 Å². The number of rotatable bonds is 5. The lowest BCUT2D eigenvalue weighted by Crippen LogP contribution is -2.03. The van der Waals surface area contributed by atoms with E-state index in [1.54, 1.807) is 31.2 Å². The number of carbonyl (C=O) groups excluding carboxylic acids is 2. The molecule has 0 saturated carbocycles. The summed E-state index contributed by atoms with van der Waals surface area (Å²) in [7, 11) is 0. The minimum Gasteiger partial charge on any atom is -0.462 e. The third-order valence-corrected chi connectivity index (χ3v) is 4.79. The first kappa shape index (κ1) is 17.0. The Hall–Kier alpha value is -2.80. The molecule has 3 rings (SSSR count). The molecule has 1 aromatic carbocycles.